The molecule has 1 aliphatic heterocycles. The molecule has 0 bridgehead atoms. The van der Waals surface area contributed by atoms with Crippen molar-refractivity contribution in [3.63, 3.8) is 0 Å². The highest BCUT2D eigenvalue weighted by atomic mass is 32.2. The number of sulfonamides is 1. The van der Waals surface area contributed by atoms with Crippen LogP contribution in [0.1, 0.15) is 12.1 Å². The summed E-state index contributed by atoms with van der Waals surface area (Å²) >= 11 is 0. The van der Waals surface area contributed by atoms with Gasteiger partial charge in [-0.1, -0.05) is 5.92 Å². The van der Waals surface area contributed by atoms with Gasteiger partial charge in [-0.05, 0) is 42.7 Å². The van der Waals surface area contributed by atoms with Crippen molar-refractivity contribution in [3.8, 4) is 17.6 Å². The molecule has 2 heterocycles. The van der Waals surface area contributed by atoms with Crippen LogP contribution >= 0.6 is 0 Å². The first-order valence-electron chi connectivity index (χ1n) is 9.13. The van der Waals surface area contributed by atoms with Crippen LogP contribution < -0.4 is 15.2 Å². The molecule has 1 aromatic heterocycles. The smallest absolute Gasteiger partial charge is 0.273 e. The van der Waals surface area contributed by atoms with Crippen molar-refractivity contribution < 1.29 is 18.1 Å². The zero-order valence-corrected chi connectivity index (χ0v) is 16.6. The number of nitro benzene ring substituents is 1. The van der Waals surface area contributed by atoms with Gasteiger partial charge in [0.05, 0.1) is 40.2 Å². The van der Waals surface area contributed by atoms with E-state index in [-0.39, 0.29) is 10.6 Å². The van der Waals surface area contributed by atoms with Crippen LogP contribution in [0.3, 0.4) is 0 Å². The number of aromatic nitrogens is 1. The Morgan fingerprint density at radius 1 is 1.23 bits per heavy atom. The lowest BCUT2D eigenvalue weighted by Crippen LogP contribution is -2.12. The van der Waals surface area contributed by atoms with Crippen molar-refractivity contribution >= 4 is 32.3 Å². The van der Waals surface area contributed by atoms with Crippen molar-refractivity contribution in [2.75, 3.05) is 18.5 Å². The molecule has 0 atom stereocenters. The number of benzene rings is 2. The molecule has 1 aliphatic rings. The highest BCUT2D eigenvalue weighted by molar-refractivity contribution is 7.89. The number of rotatable bonds is 4. The van der Waals surface area contributed by atoms with Gasteiger partial charge in [-0.15, -0.1) is 0 Å². The van der Waals surface area contributed by atoms with Gasteiger partial charge in [0.1, 0.15) is 5.75 Å². The third-order valence-corrected chi connectivity index (χ3v) is 5.65. The Labute approximate surface area is 172 Å². The van der Waals surface area contributed by atoms with Crippen LogP contribution in [0.2, 0.25) is 0 Å². The fourth-order valence-electron chi connectivity index (χ4n) is 3.36. The number of ether oxygens (including phenoxy) is 1. The summed E-state index contributed by atoms with van der Waals surface area (Å²) in [7, 11) is -3.72. The molecule has 0 fully saturated rings. The Bertz CT molecular complexity index is 1300. The van der Waals surface area contributed by atoms with Crippen molar-refractivity contribution in [2.24, 2.45) is 5.14 Å². The SMILES string of the molecule is NS(=O)(=O)c1ccc(NCC#Cc2cc3cc([N+](=O)[O-])cc4c3n2CCCO4)cc1. The molecule has 4 rings (SSSR count). The maximum atomic E-state index is 11.3. The number of anilines is 1. The average Bonchev–Trinajstić information content (AvgIpc) is 2.90. The number of primary sulfonamides is 1. The van der Waals surface area contributed by atoms with Crippen molar-refractivity contribution in [1.82, 2.24) is 4.57 Å². The monoisotopic (exact) mass is 426 g/mol. The van der Waals surface area contributed by atoms with Crippen LogP contribution in [-0.4, -0.2) is 31.1 Å². The van der Waals surface area contributed by atoms with Crippen molar-refractivity contribution in [2.45, 2.75) is 17.9 Å². The third-order valence-electron chi connectivity index (χ3n) is 4.72. The predicted molar refractivity (Wildman–Crippen MR) is 112 cm³/mol. The number of aryl methyl sites for hydroxylation is 1. The highest BCUT2D eigenvalue weighted by Gasteiger charge is 2.20. The van der Waals surface area contributed by atoms with E-state index >= 15 is 0 Å². The number of nitro groups is 1. The van der Waals surface area contributed by atoms with E-state index in [1.54, 1.807) is 12.1 Å². The van der Waals surface area contributed by atoms with E-state index in [4.69, 9.17) is 9.88 Å². The van der Waals surface area contributed by atoms with Gasteiger partial charge in [0.15, 0.2) is 0 Å². The lowest BCUT2D eigenvalue weighted by atomic mass is 10.2. The summed E-state index contributed by atoms with van der Waals surface area (Å²) in [5.74, 6) is 6.64. The van der Waals surface area contributed by atoms with Gasteiger partial charge < -0.3 is 14.6 Å². The number of nitrogens with one attached hydrogen (secondary N) is 1. The first-order valence-corrected chi connectivity index (χ1v) is 10.7. The Balaban J connectivity index is 1.57. The minimum Gasteiger partial charge on any atom is -0.491 e. The molecular weight excluding hydrogens is 408 g/mol. The first kappa shape index (κ1) is 19.8. The predicted octanol–water partition coefficient (Wildman–Crippen LogP) is 2.44. The molecule has 10 heteroatoms. The second kappa shape index (κ2) is 7.70. The zero-order chi connectivity index (χ0) is 21.3. The number of hydrogen-bond acceptors (Lipinski definition) is 6. The average molecular weight is 426 g/mol. The van der Waals surface area contributed by atoms with Gasteiger partial charge >= 0.3 is 0 Å². The lowest BCUT2D eigenvalue weighted by molar-refractivity contribution is -0.384. The zero-order valence-electron chi connectivity index (χ0n) is 15.8. The second-order valence-electron chi connectivity index (χ2n) is 6.75. The van der Waals surface area contributed by atoms with E-state index in [2.05, 4.69) is 17.2 Å². The summed E-state index contributed by atoms with van der Waals surface area (Å²) < 4.78 is 30.3. The molecule has 0 saturated carbocycles. The topological polar surface area (TPSA) is 129 Å². The van der Waals surface area contributed by atoms with Crippen molar-refractivity contribution in [1.29, 1.82) is 0 Å². The van der Waals surface area contributed by atoms with Gasteiger partial charge in [0.25, 0.3) is 5.69 Å². The summed E-state index contributed by atoms with van der Waals surface area (Å²) in [6.07, 6.45) is 0.773. The summed E-state index contributed by atoms with van der Waals surface area (Å²) in [5.41, 5.74) is 2.26. The minimum atomic E-state index is -3.72. The van der Waals surface area contributed by atoms with E-state index in [1.807, 2.05) is 10.6 Å². The van der Waals surface area contributed by atoms with Gasteiger partial charge in [0, 0.05) is 23.7 Å². The summed E-state index contributed by atoms with van der Waals surface area (Å²) in [6, 6.07) is 10.9. The number of hydrogen-bond donors (Lipinski definition) is 2. The first-order chi connectivity index (χ1) is 14.3. The van der Waals surface area contributed by atoms with Crippen molar-refractivity contribution in [3.05, 3.63) is 58.3 Å². The molecule has 0 spiro atoms. The molecule has 0 radical (unpaired) electrons. The van der Waals surface area contributed by atoms with Crippen LogP contribution in [0.25, 0.3) is 10.9 Å². The Kier molecular flexibility index (Phi) is 5.07. The van der Waals surface area contributed by atoms with Crippen LogP contribution in [-0.2, 0) is 16.6 Å². The molecule has 0 saturated heterocycles. The molecule has 0 amide bonds. The minimum absolute atomic E-state index is 0.0133. The molecule has 3 N–H and O–H groups in total. The lowest BCUT2D eigenvalue weighted by Gasteiger charge is -2.05. The number of nitrogens with zero attached hydrogens (tertiary/aromatic N) is 2. The number of nitrogens with two attached hydrogens (primary N) is 1. The molecule has 154 valence electrons. The van der Waals surface area contributed by atoms with E-state index in [9.17, 15) is 18.5 Å². The van der Waals surface area contributed by atoms with E-state index in [0.717, 1.165) is 23.0 Å². The van der Waals surface area contributed by atoms with E-state index < -0.39 is 14.9 Å². The van der Waals surface area contributed by atoms with Crippen LogP contribution in [0.4, 0.5) is 11.4 Å². The summed E-state index contributed by atoms with van der Waals surface area (Å²) in [6.45, 7) is 1.53. The van der Waals surface area contributed by atoms with Gasteiger partial charge in [0.2, 0.25) is 10.0 Å². The second-order valence-corrected chi connectivity index (χ2v) is 8.31. The maximum Gasteiger partial charge on any atom is 0.273 e. The van der Waals surface area contributed by atoms with E-state index in [1.165, 1.54) is 24.3 Å². The molecule has 2 aromatic carbocycles. The molecule has 30 heavy (non-hydrogen) atoms. The number of non-ortho nitro benzene ring substituents is 1. The fraction of sp³-hybridized carbons (Fsp3) is 0.200. The molecular formula is C20H18N4O5S. The van der Waals surface area contributed by atoms with Gasteiger partial charge in [-0.2, -0.15) is 0 Å². The molecule has 3 aromatic rings. The summed E-state index contributed by atoms with van der Waals surface area (Å²) in [4.78, 5) is 10.8. The maximum absolute atomic E-state index is 11.3. The van der Waals surface area contributed by atoms with Crippen LogP contribution in [0.5, 0.6) is 5.75 Å². The third kappa shape index (κ3) is 3.94. The highest BCUT2D eigenvalue weighted by Crippen LogP contribution is 2.35. The Morgan fingerprint density at radius 3 is 2.70 bits per heavy atom. The quantitative estimate of drug-likeness (QED) is 0.374. The van der Waals surface area contributed by atoms with Crippen LogP contribution in [0, 0.1) is 22.0 Å². The largest absolute Gasteiger partial charge is 0.491 e. The van der Waals surface area contributed by atoms with E-state index in [0.29, 0.717) is 31.1 Å². The normalized spacial score (nSPS) is 13.1. The molecule has 0 aliphatic carbocycles. The fourth-order valence-corrected chi connectivity index (χ4v) is 3.87. The Morgan fingerprint density at radius 2 is 2.00 bits per heavy atom. The standard InChI is InChI=1S/C20H18N4O5S/c21-30(27,28)18-6-4-15(5-7-18)22-8-1-3-16-11-14-12-17(24(25)26)13-19-20(14)23(16)9-2-10-29-19/h4-7,11-13,22H,2,8-10H2,(H2,21,27,28). The molecule has 0 unspecified atom stereocenters. The van der Waals surface area contributed by atoms with Crippen LogP contribution in [0.15, 0.2) is 47.4 Å². The summed E-state index contributed by atoms with van der Waals surface area (Å²) in [5, 5.41) is 20.1. The Hall–Kier alpha value is -3.55. The van der Waals surface area contributed by atoms with Gasteiger partial charge in [-0.25, -0.2) is 13.6 Å². The van der Waals surface area contributed by atoms with Gasteiger partial charge in [-0.3, -0.25) is 10.1 Å². The molecule has 9 nitrogen and oxygen atoms in total.